The molecule has 0 aliphatic carbocycles. The molecule has 0 heterocycles. The minimum atomic E-state index is -0.109. The minimum Gasteiger partial charge on any atom is -0.494 e. The number of thiocarbonyl (C=S) groups is 1. The molecule has 1 amide bonds. The molecule has 0 bridgehead atoms. The molecule has 0 fully saturated rings. The van der Waals surface area contributed by atoms with Crippen LogP contribution in [-0.2, 0) is 10.2 Å². The molecule has 2 N–H and O–H groups in total. The van der Waals surface area contributed by atoms with Gasteiger partial charge in [-0.15, -0.1) is 0 Å². The summed E-state index contributed by atoms with van der Waals surface area (Å²) < 4.78 is 5.78. The highest BCUT2D eigenvalue weighted by atomic mass is 32.1. The van der Waals surface area contributed by atoms with Gasteiger partial charge in [-0.1, -0.05) is 78.8 Å². The lowest BCUT2D eigenvalue weighted by atomic mass is 9.87. The normalized spacial score (nSPS) is 11.5. The second kappa shape index (κ2) is 11.5. The minimum absolute atomic E-state index is 0.109. The molecule has 0 unspecified atom stereocenters. The van der Waals surface area contributed by atoms with E-state index in [1.54, 1.807) is 0 Å². The van der Waals surface area contributed by atoms with Gasteiger partial charge in [0.15, 0.2) is 5.11 Å². The Morgan fingerprint density at radius 2 is 1.53 bits per heavy atom. The third-order valence-electron chi connectivity index (χ3n) is 5.40. The Kier molecular flexibility index (Phi) is 9.26. The lowest BCUT2D eigenvalue weighted by molar-refractivity contribution is -0.119. The molecule has 0 saturated carbocycles. The molecule has 0 aliphatic rings. The molecule has 0 atom stereocenters. The zero-order valence-electron chi connectivity index (χ0n) is 20.5. The number of carbonyl (C=O) groups excluding carboxylic acids is 1. The van der Waals surface area contributed by atoms with E-state index in [1.165, 1.54) is 16.7 Å². The molecule has 174 valence electrons. The maximum atomic E-state index is 12.4. The Hall–Kier alpha value is -2.40. The molecule has 32 heavy (non-hydrogen) atoms. The molecule has 0 spiro atoms. The van der Waals surface area contributed by atoms with Crippen LogP contribution in [0.3, 0.4) is 0 Å². The number of benzene rings is 2. The summed E-state index contributed by atoms with van der Waals surface area (Å²) in [6, 6.07) is 14.4. The molecule has 2 aromatic carbocycles. The Morgan fingerprint density at radius 1 is 0.969 bits per heavy atom. The number of anilines is 1. The van der Waals surface area contributed by atoms with Gasteiger partial charge in [-0.2, -0.15) is 0 Å². The van der Waals surface area contributed by atoms with Crippen molar-refractivity contribution < 1.29 is 9.53 Å². The predicted molar refractivity (Wildman–Crippen MR) is 139 cm³/mol. The number of nitrogens with one attached hydrogen (secondary N) is 2. The van der Waals surface area contributed by atoms with Crippen LogP contribution in [0.5, 0.6) is 5.75 Å². The number of carbonyl (C=O) groups is 1. The van der Waals surface area contributed by atoms with E-state index in [1.807, 2.05) is 12.1 Å². The molecule has 0 radical (unpaired) electrons. The summed E-state index contributed by atoms with van der Waals surface area (Å²) in [4.78, 5) is 12.4. The van der Waals surface area contributed by atoms with Gasteiger partial charge in [0.05, 0.1) is 6.61 Å². The Bertz CT molecular complexity index is 886. The maximum absolute atomic E-state index is 12.4. The van der Waals surface area contributed by atoms with Crippen molar-refractivity contribution in [3.63, 3.8) is 0 Å². The van der Waals surface area contributed by atoms with Crippen molar-refractivity contribution in [3.05, 3.63) is 59.2 Å². The molecule has 4 nitrogen and oxygen atoms in total. The lowest BCUT2D eigenvalue weighted by Crippen LogP contribution is -2.34. The van der Waals surface area contributed by atoms with Gasteiger partial charge < -0.3 is 15.4 Å². The van der Waals surface area contributed by atoms with Crippen molar-refractivity contribution >= 4 is 28.9 Å². The van der Waals surface area contributed by atoms with Crippen LogP contribution < -0.4 is 15.4 Å². The summed E-state index contributed by atoms with van der Waals surface area (Å²) in [6.07, 6.45) is 0.972. The van der Waals surface area contributed by atoms with Crippen LogP contribution in [0.4, 0.5) is 5.69 Å². The van der Waals surface area contributed by atoms with Gasteiger partial charge in [-0.3, -0.25) is 4.79 Å². The van der Waals surface area contributed by atoms with E-state index in [4.69, 9.17) is 17.0 Å². The fraction of sp³-hybridized carbons (Fsp3) is 0.481. The van der Waals surface area contributed by atoms with E-state index in [0.29, 0.717) is 36.4 Å². The maximum Gasteiger partial charge on any atom is 0.226 e. The summed E-state index contributed by atoms with van der Waals surface area (Å²) in [5, 5.41) is 6.42. The van der Waals surface area contributed by atoms with E-state index in [9.17, 15) is 4.79 Å². The second-order valence-corrected chi connectivity index (χ2v) is 10.3. The molecule has 5 heteroatoms. The van der Waals surface area contributed by atoms with E-state index < -0.39 is 0 Å². The van der Waals surface area contributed by atoms with E-state index >= 15 is 0 Å². The van der Waals surface area contributed by atoms with Crippen molar-refractivity contribution in [3.8, 4) is 5.75 Å². The molecular formula is C27H38N2O2S. The van der Waals surface area contributed by atoms with Gasteiger partial charge >= 0.3 is 0 Å². The predicted octanol–water partition coefficient (Wildman–Crippen LogP) is 6.90. The van der Waals surface area contributed by atoms with Crippen molar-refractivity contribution in [2.45, 2.75) is 78.6 Å². The van der Waals surface area contributed by atoms with Crippen molar-refractivity contribution in [1.82, 2.24) is 5.32 Å². The van der Waals surface area contributed by atoms with Crippen LogP contribution in [0.15, 0.2) is 42.5 Å². The number of ether oxygens (including phenoxy) is 1. The van der Waals surface area contributed by atoms with Gasteiger partial charge in [0.25, 0.3) is 0 Å². The number of para-hydroxylation sites is 1. The van der Waals surface area contributed by atoms with E-state index in [-0.39, 0.29) is 11.3 Å². The molecule has 2 rings (SSSR count). The second-order valence-electron chi connectivity index (χ2n) is 9.85. The Morgan fingerprint density at radius 3 is 2.03 bits per heavy atom. The van der Waals surface area contributed by atoms with Gasteiger partial charge in [-0.05, 0) is 64.7 Å². The number of rotatable bonds is 8. The van der Waals surface area contributed by atoms with Crippen LogP contribution in [0.25, 0.3) is 0 Å². The molecular weight excluding hydrogens is 416 g/mol. The van der Waals surface area contributed by atoms with Gasteiger partial charge in [0.1, 0.15) is 5.75 Å². The van der Waals surface area contributed by atoms with Crippen molar-refractivity contribution in [2.24, 2.45) is 0 Å². The highest BCUT2D eigenvalue weighted by Crippen LogP contribution is 2.32. The largest absolute Gasteiger partial charge is 0.494 e. The molecule has 0 aromatic heterocycles. The quantitative estimate of drug-likeness (QED) is 0.336. The van der Waals surface area contributed by atoms with Crippen LogP contribution in [0.1, 0.15) is 89.8 Å². The van der Waals surface area contributed by atoms with Crippen LogP contribution in [-0.4, -0.2) is 17.6 Å². The smallest absolute Gasteiger partial charge is 0.226 e. The number of hydrogen-bond acceptors (Lipinski definition) is 3. The SMILES string of the molecule is CC(C)c1cccc(C(C)C)c1NC(=S)NC(=O)CCCOc1ccc(C(C)(C)C)cc1. The summed E-state index contributed by atoms with van der Waals surface area (Å²) >= 11 is 5.43. The average Bonchev–Trinajstić information content (AvgIpc) is 2.70. The lowest BCUT2D eigenvalue weighted by Gasteiger charge is -2.21. The number of hydrogen-bond donors (Lipinski definition) is 2. The third kappa shape index (κ3) is 7.63. The number of amides is 1. The first-order chi connectivity index (χ1) is 15.0. The standard InChI is InChI=1S/C27H38N2O2S/c1-18(2)22-10-8-11-23(19(3)4)25(22)29-26(32)28-24(30)12-9-17-31-21-15-13-20(14-16-21)27(5,6)7/h8,10-11,13-16,18-19H,9,12,17H2,1-7H3,(H2,28,29,30,32). The zero-order chi connectivity index (χ0) is 23.9. The first-order valence-electron chi connectivity index (χ1n) is 11.5. The Labute approximate surface area is 199 Å². The van der Waals surface area contributed by atoms with Crippen molar-refractivity contribution in [2.75, 3.05) is 11.9 Å². The van der Waals surface area contributed by atoms with Gasteiger partial charge in [0, 0.05) is 12.1 Å². The third-order valence-corrected chi connectivity index (χ3v) is 5.61. The summed E-state index contributed by atoms with van der Waals surface area (Å²) in [5.74, 6) is 1.41. The van der Waals surface area contributed by atoms with E-state index in [0.717, 1.165) is 11.4 Å². The van der Waals surface area contributed by atoms with Crippen molar-refractivity contribution in [1.29, 1.82) is 0 Å². The van der Waals surface area contributed by atoms with Crippen LogP contribution >= 0.6 is 12.2 Å². The average molecular weight is 455 g/mol. The van der Waals surface area contributed by atoms with E-state index in [2.05, 4.69) is 89.4 Å². The summed E-state index contributed by atoms with van der Waals surface area (Å²) in [5.41, 5.74) is 4.78. The fourth-order valence-corrected chi connectivity index (χ4v) is 3.72. The summed E-state index contributed by atoms with van der Waals surface area (Å²) in [7, 11) is 0. The highest BCUT2D eigenvalue weighted by Gasteiger charge is 2.16. The van der Waals surface area contributed by atoms with Gasteiger partial charge in [0.2, 0.25) is 5.91 Å². The summed E-state index contributed by atoms with van der Waals surface area (Å²) in [6.45, 7) is 15.7. The molecule has 0 saturated heterocycles. The van der Waals surface area contributed by atoms with Gasteiger partial charge in [-0.25, -0.2) is 0 Å². The fourth-order valence-electron chi connectivity index (χ4n) is 3.50. The first-order valence-corrected chi connectivity index (χ1v) is 11.9. The zero-order valence-corrected chi connectivity index (χ0v) is 21.4. The topological polar surface area (TPSA) is 50.4 Å². The monoisotopic (exact) mass is 454 g/mol. The van der Waals surface area contributed by atoms with Crippen LogP contribution in [0, 0.1) is 0 Å². The molecule has 0 aliphatic heterocycles. The Balaban J connectivity index is 1.83. The van der Waals surface area contributed by atoms with Crippen LogP contribution in [0.2, 0.25) is 0 Å². The first kappa shape index (κ1) is 25.9. The molecule has 2 aromatic rings. The highest BCUT2D eigenvalue weighted by molar-refractivity contribution is 7.80.